The molecule has 4 nitrogen and oxygen atoms in total. The Hall–Kier alpha value is -1.06. The van der Waals surface area contributed by atoms with Crippen molar-refractivity contribution in [1.29, 1.82) is 0 Å². The lowest BCUT2D eigenvalue weighted by Crippen LogP contribution is -2.60. The van der Waals surface area contributed by atoms with Gasteiger partial charge in [0.25, 0.3) is 0 Å². The molecule has 0 amide bonds. The number of aliphatic carboxylic acids is 1. The third-order valence-corrected chi connectivity index (χ3v) is 3.64. The Kier molecular flexibility index (Phi) is 1.91. The van der Waals surface area contributed by atoms with E-state index in [0.717, 1.165) is 6.42 Å². The Bertz CT molecular complexity index is 331. The maximum absolute atomic E-state index is 11.7. The second-order valence-corrected chi connectivity index (χ2v) is 5.66. The number of hydrogen-bond donors (Lipinski definition) is 1. The summed E-state index contributed by atoms with van der Waals surface area (Å²) in [5.41, 5.74) is -0.857. The average Bonchev–Trinajstić information content (AvgIpc) is 1.97. The molecular weight excluding hydrogens is 196 g/mol. The predicted octanol–water partition coefficient (Wildman–Crippen LogP) is 1.44. The van der Waals surface area contributed by atoms with Crippen LogP contribution in [-0.4, -0.2) is 22.6 Å². The van der Waals surface area contributed by atoms with Crippen LogP contribution in [0.5, 0.6) is 0 Å². The van der Waals surface area contributed by atoms with Gasteiger partial charge in [-0.2, -0.15) is 0 Å². The molecule has 3 atom stereocenters. The molecule has 0 aromatic heterocycles. The van der Waals surface area contributed by atoms with Gasteiger partial charge in [0.1, 0.15) is 5.60 Å². The van der Waals surface area contributed by atoms with E-state index in [1.165, 1.54) is 0 Å². The number of fused-ring (bicyclic) bond motifs is 3. The number of carbonyl (C=O) groups is 2. The fourth-order valence-electron chi connectivity index (χ4n) is 3.37. The monoisotopic (exact) mass is 212 g/mol. The minimum atomic E-state index is -0.879. The molecule has 2 saturated heterocycles. The summed E-state index contributed by atoms with van der Waals surface area (Å²) in [6, 6.07) is 0. The third-order valence-electron chi connectivity index (χ3n) is 3.64. The first-order chi connectivity index (χ1) is 6.75. The van der Waals surface area contributed by atoms with E-state index in [-0.39, 0.29) is 11.4 Å². The highest BCUT2D eigenvalue weighted by atomic mass is 16.6. The lowest BCUT2D eigenvalue weighted by Gasteiger charge is -2.54. The van der Waals surface area contributed by atoms with Crippen molar-refractivity contribution in [3.8, 4) is 0 Å². The molecule has 3 unspecified atom stereocenters. The molecule has 1 N–H and O–H groups in total. The normalized spacial score (nSPS) is 42.5. The first-order valence-electron chi connectivity index (χ1n) is 5.21. The first-order valence-corrected chi connectivity index (χ1v) is 5.21. The van der Waals surface area contributed by atoms with Gasteiger partial charge >= 0.3 is 11.9 Å². The highest BCUT2D eigenvalue weighted by molar-refractivity contribution is 5.84. The van der Waals surface area contributed by atoms with E-state index in [2.05, 4.69) is 0 Å². The van der Waals surface area contributed by atoms with Crippen molar-refractivity contribution in [1.82, 2.24) is 0 Å². The zero-order chi connectivity index (χ0) is 11.4. The first kappa shape index (κ1) is 10.5. The van der Waals surface area contributed by atoms with Crippen molar-refractivity contribution in [2.45, 2.75) is 39.2 Å². The van der Waals surface area contributed by atoms with Crippen LogP contribution in [0.3, 0.4) is 0 Å². The summed E-state index contributed by atoms with van der Waals surface area (Å²) in [5, 5.41) is 9.12. The van der Waals surface area contributed by atoms with Crippen LogP contribution >= 0.6 is 0 Å². The van der Waals surface area contributed by atoms with Crippen LogP contribution in [0.25, 0.3) is 0 Å². The fraction of sp³-hybridized carbons (Fsp3) is 0.818. The molecule has 0 aromatic rings. The number of carboxylic acid groups (broad SMARTS) is 1. The van der Waals surface area contributed by atoms with Gasteiger partial charge in [-0.15, -0.1) is 0 Å². The van der Waals surface area contributed by atoms with E-state index >= 15 is 0 Å². The zero-order valence-electron chi connectivity index (χ0n) is 9.24. The summed E-state index contributed by atoms with van der Waals surface area (Å²) in [5.74, 6) is -2.29. The highest BCUT2D eigenvalue weighted by Gasteiger charge is 2.60. The van der Waals surface area contributed by atoms with Crippen molar-refractivity contribution in [3.63, 3.8) is 0 Å². The van der Waals surface area contributed by atoms with E-state index in [4.69, 9.17) is 9.84 Å². The van der Waals surface area contributed by atoms with Crippen LogP contribution in [0, 0.1) is 17.3 Å². The van der Waals surface area contributed by atoms with Gasteiger partial charge in [0.15, 0.2) is 0 Å². The second-order valence-electron chi connectivity index (χ2n) is 5.66. The van der Waals surface area contributed by atoms with Gasteiger partial charge in [-0.1, -0.05) is 13.8 Å². The molecule has 3 rings (SSSR count). The van der Waals surface area contributed by atoms with Crippen molar-refractivity contribution >= 4 is 11.9 Å². The summed E-state index contributed by atoms with van der Waals surface area (Å²) in [6.45, 7) is 5.73. The third kappa shape index (κ3) is 1.43. The van der Waals surface area contributed by atoms with Crippen molar-refractivity contribution in [2.75, 3.05) is 0 Å². The Morgan fingerprint density at radius 1 is 1.47 bits per heavy atom. The number of carbonyl (C=O) groups excluding carboxylic acids is 1. The molecule has 4 heteroatoms. The van der Waals surface area contributed by atoms with Gasteiger partial charge < -0.3 is 9.84 Å². The maximum atomic E-state index is 11.7. The van der Waals surface area contributed by atoms with Crippen molar-refractivity contribution < 1.29 is 19.4 Å². The Balaban J connectivity index is 2.42. The van der Waals surface area contributed by atoms with E-state index in [1.807, 2.05) is 20.8 Å². The number of ether oxygens (including phenoxy) is 1. The van der Waals surface area contributed by atoms with Gasteiger partial charge in [-0.3, -0.25) is 9.59 Å². The molecule has 3 aliphatic rings. The number of esters is 1. The Labute approximate surface area is 88.6 Å². The minimum absolute atomic E-state index is 0.272. The summed E-state index contributed by atoms with van der Waals surface area (Å²) < 4.78 is 5.29. The van der Waals surface area contributed by atoms with E-state index in [9.17, 15) is 9.59 Å². The van der Waals surface area contributed by atoms with Crippen LogP contribution in [0.15, 0.2) is 0 Å². The predicted molar refractivity (Wildman–Crippen MR) is 52.1 cm³/mol. The standard InChI is InChI=1S/C11H16O4/c1-10(2)5-11(3)4-6(8(12)13)7(10)9(14)15-11/h6-7H,4-5H2,1-3H3,(H,12,13). The van der Waals surface area contributed by atoms with Crippen LogP contribution in [-0.2, 0) is 14.3 Å². The van der Waals surface area contributed by atoms with Gasteiger partial charge in [-0.25, -0.2) is 0 Å². The fourth-order valence-corrected chi connectivity index (χ4v) is 3.37. The molecule has 1 saturated carbocycles. The minimum Gasteiger partial charge on any atom is -0.481 e. The average molecular weight is 212 g/mol. The molecule has 84 valence electrons. The summed E-state index contributed by atoms with van der Waals surface area (Å²) in [7, 11) is 0. The zero-order valence-corrected chi connectivity index (χ0v) is 9.24. The quantitative estimate of drug-likeness (QED) is 0.668. The van der Waals surface area contributed by atoms with Gasteiger partial charge in [-0.05, 0) is 18.8 Å². The number of rotatable bonds is 1. The van der Waals surface area contributed by atoms with Crippen LogP contribution < -0.4 is 0 Å². The Morgan fingerprint density at radius 2 is 2.07 bits per heavy atom. The molecular formula is C11H16O4. The largest absolute Gasteiger partial charge is 0.481 e. The molecule has 0 spiro atoms. The molecule has 3 fully saturated rings. The van der Waals surface area contributed by atoms with Crippen LogP contribution in [0.1, 0.15) is 33.6 Å². The Morgan fingerprint density at radius 3 is 2.47 bits per heavy atom. The van der Waals surface area contributed by atoms with E-state index in [1.54, 1.807) is 0 Å². The van der Waals surface area contributed by atoms with Crippen molar-refractivity contribution in [2.24, 2.45) is 17.3 Å². The van der Waals surface area contributed by atoms with E-state index < -0.39 is 23.4 Å². The number of hydrogen-bond acceptors (Lipinski definition) is 3. The molecule has 0 aromatic carbocycles. The van der Waals surface area contributed by atoms with Crippen LogP contribution in [0.2, 0.25) is 0 Å². The van der Waals surface area contributed by atoms with Crippen LogP contribution in [0.4, 0.5) is 0 Å². The topological polar surface area (TPSA) is 63.6 Å². The summed E-state index contributed by atoms with van der Waals surface area (Å²) in [6.07, 6.45) is 1.20. The lowest BCUT2D eigenvalue weighted by molar-refractivity contribution is -0.218. The molecule has 0 radical (unpaired) electrons. The molecule has 2 heterocycles. The van der Waals surface area contributed by atoms with Gasteiger partial charge in [0.2, 0.25) is 0 Å². The molecule has 1 aliphatic carbocycles. The highest BCUT2D eigenvalue weighted by Crippen LogP contribution is 2.54. The summed E-state index contributed by atoms with van der Waals surface area (Å²) in [4.78, 5) is 22.8. The summed E-state index contributed by atoms with van der Waals surface area (Å²) >= 11 is 0. The SMILES string of the molecule is CC12CC(C(=O)O)C(C(=O)O1)C(C)(C)C2. The lowest BCUT2D eigenvalue weighted by atomic mass is 9.57. The van der Waals surface area contributed by atoms with E-state index in [0.29, 0.717) is 6.42 Å². The second kappa shape index (κ2) is 2.74. The number of carboxylic acids is 1. The van der Waals surface area contributed by atoms with Crippen molar-refractivity contribution in [3.05, 3.63) is 0 Å². The molecule has 2 bridgehead atoms. The van der Waals surface area contributed by atoms with Gasteiger partial charge in [0, 0.05) is 6.42 Å². The maximum Gasteiger partial charge on any atom is 0.310 e. The molecule has 15 heavy (non-hydrogen) atoms. The molecule has 2 aliphatic heterocycles. The van der Waals surface area contributed by atoms with Gasteiger partial charge in [0.05, 0.1) is 11.8 Å². The smallest absolute Gasteiger partial charge is 0.310 e.